The molecule has 2 heterocycles. The van der Waals surface area contributed by atoms with E-state index in [9.17, 15) is 0 Å². The van der Waals surface area contributed by atoms with Gasteiger partial charge >= 0.3 is 0 Å². The maximum absolute atomic E-state index is 4.73. The first-order valence-electron chi connectivity index (χ1n) is 10.1. The van der Waals surface area contributed by atoms with E-state index in [2.05, 4.69) is 89.4 Å². The Bertz CT molecular complexity index is 988. The number of hydrogen-bond donors (Lipinski definition) is 1. The molecule has 1 saturated heterocycles. The maximum Gasteiger partial charge on any atom is 0.249 e. The Morgan fingerprint density at radius 2 is 1.41 bits per heavy atom. The van der Waals surface area contributed by atoms with Gasteiger partial charge in [0.05, 0.1) is 6.20 Å². The molecule has 0 bridgehead atoms. The Hall–Kier alpha value is -3.15. The minimum absolute atomic E-state index is 0.539. The molecule has 4 rings (SSSR count). The van der Waals surface area contributed by atoms with Crippen molar-refractivity contribution < 1.29 is 0 Å². The summed E-state index contributed by atoms with van der Waals surface area (Å²) in [6, 6.07) is 12.8. The number of rotatable bonds is 4. The van der Waals surface area contributed by atoms with Gasteiger partial charge in [-0.3, -0.25) is 0 Å². The summed E-state index contributed by atoms with van der Waals surface area (Å²) in [5, 5.41) is 11.7. The standard InChI is InChI=1S/C23H28N6/c1-16-7-6-10-20(19(16)4)28-11-13-29(14-12-28)21-15-24-27-23(25-21)26-22-17(2)8-5-9-18(22)3/h5-10,15H,11-14H2,1-4H3,(H,25,26,27). The average Bonchev–Trinajstić information content (AvgIpc) is 2.73. The number of benzene rings is 2. The third-order valence-corrected chi connectivity index (χ3v) is 5.78. The van der Waals surface area contributed by atoms with Crippen molar-refractivity contribution in [2.45, 2.75) is 27.7 Å². The summed E-state index contributed by atoms with van der Waals surface area (Å²) in [4.78, 5) is 9.47. The van der Waals surface area contributed by atoms with Crippen LogP contribution in [0.3, 0.4) is 0 Å². The smallest absolute Gasteiger partial charge is 0.249 e. The van der Waals surface area contributed by atoms with Gasteiger partial charge in [0, 0.05) is 37.6 Å². The van der Waals surface area contributed by atoms with Gasteiger partial charge in [-0.1, -0.05) is 30.3 Å². The number of nitrogens with one attached hydrogen (secondary N) is 1. The van der Waals surface area contributed by atoms with Crippen LogP contribution in [0.1, 0.15) is 22.3 Å². The molecule has 0 saturated carbocycles. The molecule has 3 aromatic rings. The quantitative estimate of drug-likeness (QED) is 0.724. The Kier molecular flexibility index (Phi) is 5.34. The molecule has 0 atom stereocenters. The third-order valence-electron chi connectivity index (χ3n) is 5.78. The van der Waals surface area contributed by atoms with E-state index >= 15 is 0 Å². The molecule has 1 aliphatic heterocycles. The van der Waals surface area contributed by atoms with Crippen molar-refractivity contribution in [3.63, 3.8) is 0 Å². The molecule has 0 aliphatic carbocycles. The van der Waals surface area contributed by atoms with Crippen LogP contribution in [0.5, 0.6) is 0 Å². The minimum atomic E-state index is 0.539. The van der Waals surface area contributed by atoms with E-state index in [1.54, 1.807) is 6.20 Å². The second-order valence-electron chi connectivity index (χ2n) is 7.72. The molecule has 1 aromatic heterocycles. The molecule has 29 heavy (non-hydrogen) atoms. The molecule has 0 radical (unpaired) electrons. The highest BCUT2D eigenvalue weighted by molar-refractivity contribution is 5.63. The lowest BCUT2D eigenvalue weighted by Crippen LogP contribution is -2.47. The highest BCUT2D eigenvalue weighted by atomic mass is 15.3. The van der Waals surface area contributed by atoms with E-state index in [1.807, 2.05) is 0 Å². The van der Waals surface area contributed by atoms with Crippen LogP contribution >= 0.6 is 0 Å². The number of aromatic nitrogens is 3. The summed E-state index contributed by atoms with van der Waals surface area (Å²) >= 11 is 0. The van der Waals surface area contributed by atoms with Crippen LogP contribution in [-0.4, -0.2) is 41.4 Å². The molecule has 0 amide bonds. The van der Waals surface area contributed by atoms with Crippen molar-refractivity contribution in [1.82, 2.24) is 15.2 Å². The van der Waals surface area contributed by atoms with Crippen LogP contribution in [-0.2, 0) is 0 Å². The fourth-order valence-corrected chi connectivity index (χ4v) is 3.88. The molecule has 1 N–H and O–H groups in total. The third kappa shape index (κ3) is 4.01. The number of anilines is 4. The zero-order chi connectivity index (χ0) is 20.4. The molecule has 1 aliphatic rings. The monoisotopic (exact) mass is 388 g/mol. The van der Waals surface area contributed by atoms with Crippen LogP contribution in [0.25, 0.3) is 0 Å². The maximum atomic E-state index is 4.73. The Labute approximate surface area is 172 Å². The first-order valence-corrected chi connectivity index (χ1v) is 10.1. The zero-order valence-corrected chi connectivity index (χ0v) is 17.6. The van der Waals surface area contributed by atoms with Crippen LogP contribution in [0.2, 0.25) is 0 Å². The van der Waals surface area contributed by atoms with Gasteiger partial charge in [-0.2, -0.15) is 10.1 Å². The lowest BCUT2D eigenvalue weighted by molar-refractivity contribution is 0.643. The Morgan fingerprint density at radius 1 is 0.793 bits per heavy atom. The lowest BCUT2D eigenvalue weighted by atomic mass is 10.1. The molecule has 150 valence electrons. The highest BCUT2D eigenvalue weighted by Gasteiger charge is 2.20. The molecule has 1 fully saturated rings. The van der Waals surface area contributed by atoms with Crippen molar-refractivity contribution in [1.29, 1.82) is 0 Å². The van der Waals surface area contributed by atoms with Crippen molar-refractivity contribution >= 4 is 23.1 Å². The molecule has 0 spiro atoms. The summed E-state index contributed by atoms with van der Waals surface area (Å²) in [6.07, 6.45) is 1.75. The predicted molar refractivity (Wildman–Crippen MR) is 119 cm³/mol. The summed E-state index contributed by atoms with van der Waals surface area (Å²) in [6.45, 7) is 12.3. The van der Waals surface area contributed by atoms with Gasteiger partial charge in [0.1, 0.15) is 0 Å². The molecule has 6 heteroatoms. The number of piperazine rings is 1. The second-order valence-corrected chi connectivity index (χ2v) is 7.72. The summed E-state index contributed by atoms with van der Waals surface area (Å²) in [5.41, 5.74) is 7.42. The highest BCUT2D eigenvalue weighted by Crippen LogP contribution is 2.26. The Morgan fingerprint density at radius 3 is 2.14 bits per heavy atom. The zero-order valence-electron chi connectivity index (χ0n) is 17.6. The van der Waals surface area contributed by atoms with E-state index in [0.717, 1.165) is 37.7 Å². The Balaban J connectivity index is 1.47. The van der Waals surface area contributed by atoms with Gasteiger partial charge < -0.3 is 15.1 Å². The molecule has 6 nitrogen and oxygen atoms in total. The van der Waals surface area contributed by atoms with Crippen LogP contribution in [0.4, 0.5) is 23.1 Å². The second kappa shape index (κ2) is 8.07. The fourth-order valence-electron chi connectivity index (χ4n) is 3.88. The number of para-hydroxylation sites is 1. The molecular formula is C23H28N6. The summed E-state index contributed by atoms with van der Waals surface area (Å²) in [5.74, 6) is 1.41. The first kappa shape index (κ1) is 19.2. The van der Waals surface area contributed by atoms with Gasteiger partial charge in [-0.05, 0) is 56.0 Å². The molecule has 0 unspecified atom stereocenters. The first-order chi connectivity index (χ1) is 14.0. The van der Waals surface area contributed by atoms with Gasteiger partial charge in [0.25, 0.3) is 0 Å². The van der Waals surface area contributed by atoms with E-state index in [1.165, 1.54) is 27.9 Å². The molecule has 2 aromatic carbocycles. The van der Waals surface area contributed by atoms with Crippen molar-refractivity contribution in [2.24, 2.45) is 0 Å². The fraction of sp³-hybridized carbons (Fsp3) is 0.348. The van der Waals surface area contributed by atoms with E-state index < -0.39 is 0 Å². The van der Waals surface area contributed by atoms with Gasteiger partial charge in [0.2, 0.25) is 5.95 Å². The number of hydrogen-bond acceptors (Lipinski definition) is 6. The molecular weight excluding hydrogens is 360 g/mol. The SMILES string of the molecule is Cc1cccc(N2CCN(c3cnnc(Nc4c(C)cccc4C)n3)CC2)c1C. The van der Waals surface area contributed by atoms with Gasteiger partial charge in [0.15, 0.2) is 5.82 Å². The van der Waals surface area contributed by atoms with Crippen molar-refractivity contribution in [3.8, 4) is 0 Å². The van der Waals surface area contributed by atoms with Crippen molar-refractivity contribution in [3.05, 3.63) is 64.8 Å². The number of nitrogens with zero attached hydrogens (tertiary/aromatic N) is 5. The largest absolute Gasteiger partial charge is 0.368 e. The topological polar surface area (TPSA) is 57.2 Å². The summed E-state index contributed by atoms with van der Waals surface area (Å²) in [7, 11) is 0. The average molecular weight is 389 g/mol. The normalized spacial score (nSPS) is 14.2. The van der Waals surface area contributed by atoms with Crippen molar-refractivity contribution in [2.75, 3.05) is 41.3 Å². The predicted octanol–water partition coefficient (Wildman–Crippen LogP) is 4.18. The number of aryl methyl sites for hydroxylation is 3. The van der Waals surface area contributed by atoms with Gasteiger partial charge in [-0.15, -0.1) is 5.10 Å². The van der Waals surface area contributed by atoms with Gasteiger partial charge in [-0.25, -0.2) is 0 Å². The van der Waals surface area contributed by atoms with Crippen LogP contribution in [0, 0.1) is 27.7 Å². The van der Waals surface area contributed by atoms with E-state index in [-0.39, 0.29) is 0 Å². The van der Waals surface area contributed by atoms with Crippen LogP contribution < -0.4 is 15.1 Å². The minimum Gasteiger partial charge on any atom is -0.368 e. The van der Waals surface area contributed by atoms with E-state index in [0.29, 0.717) is 5.95 Å². The van der Waals surface area contributed by atoms with E-state index in [4.69, 9.17) is 4.98 Å². The summed E-state index contributed by atoms with van der Waals surface area (Å²) < 4.78 is 0. The van der Waals surface area contributed by atoms with Crippen LogP contribution in [0.15, 0.2) is 42.6 Å². The lowest BCUT2D eigenvalue weighted by Gasteiger charge is -2.37.